The Morgan fingerprint density at radius 1 is 0.611 bits per heavy atom. The van der Waals surface area contributed by atoms with E-state index in [1.807, 2.05) is 0 Å². The summed E-state index contributed by atoms with van der Waals surface area (Å²) in [6.45, 7) is 3.79. The molecule has 0 radical (unpaired) electrons. The molecule has 1 aliphatic heterocycles. The molecule has 0 aromatic heterocycles. The summed E-state index contributed by atoms with van der Waals surface area (Å²) in [5.41, 5.74) is 0. The van der Waals surface area contributed by atoms with Gasteiger partial charge in [-0.05, 0) is 32.1 Å². The van der Waals surface area contributed by atoms with Gasteiger partial charge in [0.15, 0.2) is 6.29 Å². The van der Waals surface area contributed by atoms with E-state index in [0.29, 0.717) is 12.8 Å². The molecule has 54 heavy (non-hydrogen) atoms. The predicted octanol–water partition coefficient (Wildman–Crippen LogP) is 9.34. The van der Waals surface area contributed by atoms with Gasteiger partial charge in [-0.2, -0.15) is 0 Å². The van der Waals surface area contributed by atoms with Gasteiger partial charge in [0.2, 0.25) is 5.91 Å². The molecule has 1 fully saturated rings. The maximum absolute atomic E-state index is 12.9. The number of unbranched alkanes of at least 4 members (excludes halogenated alkanes) is 26. The molecule has 9 heteroatoms. The zero-order valence-corrected chi connectivity index (χ0v) is 35.0. The highest BCUT2D eigenvalue weighted by molar-refractivity contribution is 5.76. The van der Waals surface area contributed by atoms with Gasteiger partial charge in [-0.3, -0.25) is 4.79 Å². The van der Waals surface area contributed by atoms with Crippen LogP contribution in [0, 0.1) is 0 Å². The molecule has 9 nitrogen and oxygen atoms in total. The number of aliphatic hydroxyl groups excluding tert-OH is 5. The summed E-state index contributed by atoms with van der Waals surface area (Å²) in [7, 11) is 0. The summed E-state index contributed by atoms with van der Waals surface area (Å²) in [5, 5.41) is 54.3. The zero-order chi connectivity index (χ0) is 39.5. The van der Waals surface area contributed by atoms with E-state index in [1.165, 1.54) is 122 Å². The number of carbonyl (C=O) groups is 1. The first kappa shape index (κ1) is 50.9. The molecule has 0 aromatic carbocycles. The lowest BCUT2D eigenvalue weighted by Crippen LogP contribution is -2.60. The lowest BCUT2D eigenvalue weighted by molar-refractivity contribution is -0.302. The highest BCUT2D eigenvalue weighted by atomic mass is 16.7. The SMILES string of the molecule is CCCC/C=C\CCCCCCCC(=O)NC(COC1OC(CO)C(O)C(O)C1O)C(O)CCCCCCCCCCCCCCCCCCCCCC. The number of amides is 1. The van der Waals surface area contributed by atoms with Gasteiger partial charge in [0.05, 0.1) is 25.4 Å². The van der Waals surface area contributed by atoms with E-state index in [4.69, 9.17) is 9.47 Å². The molecular weight excluding hydrogens is 682 g/mol. The van der Waals surface area contributed by atoms with Crippen molar-refractivity contribution in [1.29, 1.82) is 0 Å². The Morgan fingerprint density at radius 2 is 1.06 bits per heavy atom. The highest BCUT2D eigenvalue weighted by Crippen LogP contribution is 2.23. The van der Waals surface area contributed by atoms with Crippen molar-refractivity contribution in [2.45, 2.75) is 256 Å². The Hall–Kier alpha value is -1.07. The number of rotatable bonds is 38. The van der Waals surface area contributed by atoms with Crippen molar-refractivity contribution in [3.8, 4) is 0 Å². The zero-order valence-electron chi connectivity index (χ0n) is 35.0. The van der Waals surface area contributed by atoms with Crippen LogP contribution < -0.4 is 5.32 Å². The molecular formula is C45H87NO8. The fraction of sp³-hybridized carbons (Fsp3) is 0.933. The number of allylic oxidation sites excluding steroid dienone is 2. The van der Waals surface area contributed by atoms with E-state index >= 15 is 0 Å². The first-order valence-corrected chi connectivity index (χ1v) is 22.9. The van der Waals surface area contributed by atoms with E-state index < -0.39 is 49.5 Å². The minimum atomic E-state index is -1.55. The van der Waals surface area contributed by atoms with Crippen LogP contribution >= 0.6 is 0 Å². The summed E-state index contributed by atoms with van der Waals surface area (Å²) < 4.78 is 11.2. The molecule has 320 valence electrons. The van der Waals surface area contributed by atoms with Crippen molar-refractivity contribution in [2.24, 2.45) is 0 Å². The second kappa shape index (κ2) is 36.3. The lowest BCUT2D eigenvalue weighted by Gasteiger charge is -2.40. The number of aliphatic hydroxyl groups is 5. The predicted molar refractivity (Wildman–Crippen MR) is 221 cm³/mol. The van der Waals surface area contributed by atoms with Gasteiger partial charge in [-0.15, -0.1) is 0 Å². The third kappa shape index (κ3) is 26.7. The van der Waals surface area contributed by atoms with Crippen LogP contribution in [-0.4, -0.2) is 87.5 Å². The minimum Gasteiger partial charge on any atom is -0.394 e. The Bertz CT molecular complexity index is 858. The van der Waals surface area contributed by atoms with Crippen molar-refractivity contribution in [1.82, 2.24) is 5.32 Å². The molecule has 6 N–H and O–H groups in total. The summed E-state index contributed by atoms with van der Waals surface area (Å²) in [6.07, 6.45) is 33.7. The second-order valence-electron chi connectivity index (χ2n) is 16.2. The van der Waals surface area contributed by atoms with Gasteiger partial charge in [-0.25, -0.2) is 0 Å². The summed E-state index contributed by atoms with van der Waals surface area (Å²) in [4.78, 5) is 12.9. The first-order valence-electron chi connectivity index (χ1n) is 22.9. The Kier molecular flexibility index (Phi) is 34.2. The number of hydrogen-bond donors (Lipinski definition) is 6. The standard InChI is InChI=1S/C45H87NO8/c1-3-5-7-9-11-13-15-16-17-18-19-20-21-22-23-25-26-28-30-32-34-39(48)38(37-53-45-44(52)43(51)42(50)40(36-47)54-45)46-41(49)35-33-31-29-27-24-14-12-10-8-6-4-2/h10,12,38-40,42-45,47-48,50-52H,3-9,11,13-37H2,1-2H3,(H,46,49)/b12-10-. The fourth-order valence-electron chi connectivity index (χ4n) is 7.38. The molecule has 7 unspecified atom stereocenters. The van der Waals surface area contributed by atoms with Crippen LogP contribution in [0.4, 0.5) is 0 Å². The number of nitrogens with one attached hydrogen (secondary N) is 1. The molecule has 1 heterocycles. The van der Waals surface area contributed by atoms with Crippen LogP contribution in [0.25, 0.3) is 0 Å². The third-order valence-electron chi connectivity index (χ3n) is 11.1. The van der Waals surface area contributed by atoms with E-state index in [9.17, 15) is 30.3 Å². The highest BCUT2D eigenvalue weighted by Gasteiger charge is 2.44. The van der Waals surface area contributed by atoms with Gasteiger partial charge in [-0.1, -0.05) is 187 Å². The first-order chi connectivity index (χ1) is 26.3. The second-order valence-corrected chi connectivity index (χ2v) is 16.2. The van der Waals surface area contributed by atoms with Crippen molar-refractivity contribution in [3.63, 3.8) is 0 Å². The van der Waals surface area contributed by atoms with E-state index in [2.05, 4.69) is 31.3 Å². The van der Waals surface area contributed by atoms with Crippen LogP contribution in [0.2, 0.25) is 0 Å². The average Bonchev–Trinajstić information content (AvgIpc) is 3.17. The van der Waals surface area contributed by atoms with Crippen LogP contribution in [-0.2, 0) is 14.3 Å². The summed E-state index contributed by atoms with van der Waals surface area (Å²) in [5.74, 6) is -0.154. The Balaban J connectivity index is 2.29. The van der Waals surface area contributed by atoms with E-state index in [0.717, 1.165) is 64.2 Å². The largest absolute Gasteiger partial charge is 0.394 e. The van der Waals surface area contributed by atoms with E-state index in [-0.39, 0.29) is 12.5 Å². The van der Waals surface area contributed by atoms with Gasteiger partial charge in [0.1, 0.15) is 24.4 Å². The van der Waals surface area contributed by atoms with Crippen molar-refractivity contribution < 1.29 is 39.8 Å². The smallest absolute Gasteiger partial charge is 0.220 e. The van der Waals surface area contributed by atoms with Crippen LogP contribution in [0.1, 0.15) is 213 Å². The van der Waals surface area contributed by atoms with Crippen molar-refractivity contribution in [2.75, 3.05) is 13.2 Å². The normalized spacial score (nSPS) is 21.5. The van der Waals surface area contributed by atoms with Gasteiger partial charge in [0.25, 0.3) is 0 Å². The molecule has 0 spiro atoms. The number of carbonyl (C=O) groups excluding carboxylic acids is 1. The molecule has 7 atom stereocenters. The lowest BCUT2D eigenvalue weighted by atomic mass is 9.99. The fourth-order valence-corrected chi connectivity index (χ4v) is 7.38. The van der Waals surface area contributed by atoms with Crippen LogP contribution in [0.15, 0.2) is 12.2 Å². The molecule has 0 aromatic rings. The number of ether oxygens (including phenoxy) is 2. The van der Waals surface area contributed by atoms with Crippen LogP contribution in [0.5, 0.6) is 0 Å². The monoisotopic (exact) mass is 770 g/mol. The summed E-state index contributed by atoms with van der Waals surface area (Å²) in [6, 6.07) is -0.718. The molecule has 0 saturated carbocycles. The molecule has 1 aliphatic rings. The molecule has 1 amide bonds. The maximum Gasteiger partial charge on any atom is 0.220 e. The number of hydrogen-bond acceptors (Lipinski definition) is 8. The quantitative estimate of drug-likeness (QED) is 0.0269. The van der Waals surface area contributed by atoms with Crippen molar-refractivity contribution >= 4 is 5.91 Å². The Morgan fingerprint density at radius 3 is 1.56 bits per heavy atom. The topological polar surface area (TPSA) is 149 Å². The third-order valence-corrected chi connectivity index (χ3v) is 11.1. The Labute approximate surface area is 331 Å². The van der Waals surface area contributed by atoms with Gasteiger partial charge in [0, 0.05) is 6.42 Å². The molecule has 1 rings (SSSR count). The summed E-state index contributed by atoms with van der Waals surface area (Å²) >= 11 is 0. The maximum atomic E-state index is 12.9. The van der Waals surface area contributed by atoms with Crippen LogP contribution in [0.3, 0.4) is 0 Å². The molecule has 0 aliphatic carbocycles. The average molecular weight is 770 g/mol. The molecule has 0 bridgehead atoms. The van der Waals surface area contributed by atoms with Gasteiger partial charge >= 0.3 is 0 Å². The van der Waals surface area contributed by atoms with Crippen molar-refractivity contribution in [3.05, 3.63) is 12.2 Å². The van der Waals surface area contributed by atoms with Gasteiger partial charge < -0.3 is 40.3 Å². The minimum absolute atomic E-state index is 0.138. The van der Waals surface area contributed by atoms with E-state index in [1.54, 1.807) is 0 Å². The molecule has 1 saturated heterocycles.